The van der Waals surface area contributed by atoms with Crippen molar-refractivity contribution >= 4 is 17.2 Å². The molecule has 1 aliphatic heterocycles. The Bertz CT molecular complexity index is 545. The third-order valence-electron chi connectivity index (χ3n) is 4.93. The van der Waals surface area contributed by atoms with Crippen LogP contribution in [0.5, 0.6) is 0 Å². The molecule has 1 amide bonds. The van der Waals surface area contributed by atoms with Gasteiger partial charge in [-0.15, -0.1) is 11.3 Å². The second-order valence-corrected chi connectivity index (χ2v) is 8.83. The van der Waals surface area contributed by atoms with E-state index >= 15 is 0 Å². The molecule has 0 aromatic carbocycles. The maximum atomic E-state index is 12.4. The second kappa shape index (κ2) is 6.89. The Kier molecular flexibility index (Phi) is 5.07. The minimum Gasteiger partial charge on any atom is -0.341 e. The van der Waals surface area contributed by atoms with E-state index in [0.29, 0.717) is 11.8 Å². The quantitative estimate of drug-likeness (QED) is 0.850. The number of carbonyl (C=O) groups excluding carboxylic acids is 1. The molecule has 0 N–H and O–H groups in total. The molecule has 0 spiro atoms. The van der Waals surface area contributed by atoms with E-state index in [2.05, 4.69) is 36.0 Å². The lowest BCUT2D eigenvalue weighted by molar-refractivity contribution is -0.138. The predicted octanol–water partition coefficient (Wildman–Crippen LogP) is 3.28. The summed E-state index contributed by atoms with van der Waals surface area (Å²) < 4.78 is 0. The standard InChI is InChI=1S/C18H29N3OS/c1-18(2,3)17-19-15(13-23-17)12-20-8-5-9-21(11-10-20)16(22)14-6-4-7-14/h13-14H,4-12H2,1-3H3. The first-order valence-corrected chi connectivity index (χ1v) is 9.77. The van der Waals surface area contributed by atoms with Gasteiger partial charge in [0, 0.05) is 49.4 Å². The van der Waals surface area contributed by atoms with Crippen LogP contribution in [0.25, 0.3) is 0 Å². The van der Waals surface area contributed by atoms with E-state index in [1.807, 2.05) is 0 Å². The summed E-state index contributed by atoms with van der Waals surface area (Å²) in [6.07, 6.45) is 4.52. The van der Waals surface area contributed by atoms with Gasteiger partial charge in [-0.2, -0.15) is 0 Å². The summed E-state index contributed by atoms with van der Waals surface area (Å²) in [5.74, 6) is 0.733. The van der Waals surface area contributed by atoms with E-state index in [4.69, 9.17) is 4.98 Å². The molecule has 1 aromatic rings. The summed E-state index contributed by atoms with van der Waals surface area (Å²) in [6, 6.07) is 0. The number of thiazole rings is 1. The first-order valence-electron chi connectivity index (χ1n) is 8.89. The minimum atomic E-state index is 0.133. The predicted molar refractivity (Wildman–Crippen MR) is 94.6 cm³/mol. The van der Waals surface area contributed by atoms with Crippen LogP contribution in [-0.4, -0.2) is 46.9 Å². The summed E-state index contributed by atoms with van der Waals surface area (Å²) in [4.78, 5) is 21.8. The molecule has 128 valence electrons. The van der Waals surface area contributed by atoms with Gasteiger partial charge in [-0.3, -0.25) is 9.69 Å². The average molecular weight is 336 g/mol. The van der Waals surface area contributed by atoms with E-state index in [-0.39, 0.29) is 5.41 Å². The van der Waals surface area contributed by atoms with E-state index < -0.39 is 0 Å². The Labute approximate surface area is 143 Å². The molecule has 5 heteroatoms. The van der Waals surface area contributed by atoms with E-state index in [0.717, 1.165) is 52.0 Å². The van der Waals surface area contributed by atoms with Crippen molar-refractivity contribution in [1.82, 2.24) is 14.8 Å². The smallest absolute Gasteiger partial charge is 0.225 e. The normalized spacial score (nSPS) is 21.1. The molecule has 0 radical (unpaired) electrons. The summed E-state index contributed by atoms with van der Waals surface area (Å²) >= 11 is 1.77. The van der Waals surface area contributed by atoms with E-state index in [1.54, 1.807) is 11.3 Å². The van der Waals surface area contributed by atoms with Crippen LogP contribution in [0.4, 0.5) is 0 Å². The van der Waals surface area contributed by atoms with Crippen molar-refractivity contribution in [2.45, 2.75) is 58.4 Å². The number of hydrogen-bond donors (Lipinski definition) is 0. The van der Waals surface area contributed by atoms with Gasteiger partial charge >= 0.3 is 0 Å². The molecular formula is C18H29N3OS. The highest BCUT2D eigenvalue weighted by Gasteiger charge is 2.30. The third kappa shape index (κ3) is 4.13. The highest BCUT2D eigenvalue weighted by molar-refractivity contribution is 7.09. The number of amides is 1. The van der Waals surface area contributed by atoms with Crippen LogP contribution in [-0.2, 0) is 16.8 Å². The molecule has 1 saturated carbocycles. The number of hydrogen-bond acceptors (Lipinski definition) is 4. The zero-order valence-corrected chi connectivity index (χ0v) is 15.5. The van der Waals surface area contributed by atoms with Crippen molar-refractivity contribution in [3.63, 3.8) is 0 Å². The van der Waals surface area contributed by atoms with Crippen molar-refractivity contribution in [3.05, 3.63) is 16.1 Å². The average Bonchev–Trinajstić information content (AvgIpc) is 2.76. The van der Waals surface area contributed by atoms with Crippen LogP contribution in [0, 0.1) is 5.92 Å². The fourth-order valence-electron chi connectivity index (χ4n) is 3.22. The summed E-state index contributed by atoms with van der Waals surface area (Å²) in [5, 5.41) is 3.41. The Hall–Kier alpha value is -0.940. The molecule has 4 nitrogen and oxygen atoms in total. The second-order valence-electron chi connectivity index (χ2n) is 7.98. The number of rotatable bonds is 3. The van der Waals surface area contributed by atoms with Crippen molar-refractivity contribution in [2.75, 3.05) is 26.2 Å². The lowest BCUT2D eigenvalue weighted by Crippen LogP contribution is -2.41. The Morgan fingerprint density at radius 2 is 2.00 bits per heavy atom. The molecule has 0 unspecified atom stereocenters. The van der Waals surface area contributed by atoms with Gasteiger partial charge < -0.3 is 4.90 Å². The molecule has 0 atom stereocenters. The van der Waals surface area contributed by atoms with Gasteiger partial charge in [0.1, 0.15) is 0 Å². The van der Waals surface area contributed by atoms with Crippen molar-refractivity contribution in [3.8, 4) is 0 Å². The maximum absolute atomic E-state index is 12.4. The molecule has 2 fully saturated rings. The van der Waals surface area contributed by atoms with Crippen LogP contribution in [0.2, 0.25) is 0 Å². The molecule has 2 heterocycles. The Morgan fingerprint density at radius 1 is 1.22 bits per heavy atom. The summed E-state index contributed by atoms with van der Waals surface area (Å²) in [7, 11) is 0. The molecule has 1 aliphatic carbocycles. The van der Waals surface area contributed by atoms with Crippen LogP contribution >= 0.6 is 11.3 Å². The largest absolute Gasteiger partial charge is 0.341 e. The summed E-state index contributed by atoms with van der Waals surface area (Å²) in [6.45, 7) is 11.4. The summed E-state index contributed by atoms with van der Waals surface area (Å²) in [5.41, 5.74) is 1.31. The van der Waals surface area contributed by atoms with Gasteiger partial charge in [-0.05, 0) is 19.3 Å². The van der Waals surface area contributed by atoms with Gasteiger partial charge in [0.2, 0.25) is 5.91 Å². The third-order valence-corrected chi connectivity index (χ3v) is 6.25. The molecule has 3 rings (SSSR count). The lowest BCUT2D eigenvalue weighted by Gasteiger charge is -2.31. The Morgan fingerprint density at radius 3 is 2.61 bits per heavy atom. The van der Waals surface area contributed by atoms with Gasteiger partial charge in [0.05, 0.1) is 10.7 Å². The van der Waals surface area contributed by atoms with Crippen LogP contribution in [0.15, 0.2) is 5.38 Å². The van der Waals surface area contributed by atoms with Crippen LogP contribution in [0.3, 0.4) is 0 Å². The van der Waals surface area contributed by atoms with E-state index in [9.17, 15) is 4.79 Å². The zero-order valence-electron chi connectivity index (χ0n) is 14.7. The molecule has 23 heavy (non-hydrogen) atoms. The fraction of sp³-hybridized carbons (Fsp3) is 0.778. The maximum Gasteiger partial charge on any atom is 0.225 e. The first kappa shape index (κ1) is 16.9. The minimum absolute atomic E-state index is 0.133. The zero-order chi connectivity index (χ0) is 16.4. The van der Waals surface area contributed by atoms with Gasteiger partial charge in [0.15, 0.2) is 0 Å². The van der Waals surface area contributed by atoms with Crippen molar-refractivity contribution < 1.29 is 4.79 Å². The lowest BCUT2D eigenvalue weighted by atomic mass is 9.84. The molecule has 2 aliphatic rings. The number of nitrogens with zero attached hydrogens (tertiary/aromatic N) is 3. The van der Waals surface area contributed by atoms with Gasteiger partial charge in [-0.1, -0.05) is 27.2 Å². The Balaban J connectivity index is 1.53. The van der Waals surface area contributed by atoms with Crippen molar-refractivity contribution in [2.24, 2.45) is 5.92 Å². The van der Waals surface area contributed by atoms with Crippen molar-refractivity contribution in [1.29, 1.82) is 0 Å². The highest BCUT2D eigenvalue weighted by atomic mass is 32.1. The molecule has 1 aromatic heterocycles. The number of carbonyl (C=O) groups is 1. The number of aromatic nitrogens is 1. The van der Waals surface area contributed by atoms with Gasteiger partial charge in [-0.25, -0.2) is 4.98 Å². The van der Waals surface area contributed by atoms with Gasteiger partial charge in [0.25, 0.3) is 0 Å². The highest BCUT2D eigenvalue weighted by Crippen LogP contribution is 2.29. The van der Waals surface area contributed by atoms with E-state index in [1.165, 1.54) is 17.1 Å². The van der Waals surface area contributed by atoms with Crippen LogP contribution in [0.1, 0.15) is 57.2 Å². The SMILES string of the molecule is CC(C)(C)c1nc(CN2CCCN(C(=O)C3CCC3)CC2)cs1. The van der Waals surface area contributed by atoms with Crippen LogP contribution < -0.4 is 0 Å². The molecule has 1 saturated heterocycles. The molecule has 0 bridgehead atoms. The monoisotopic (exact) mass is 335 g/mol. The first-order chi connectivity index (χ1) is 10.9. The topological polar surface area (TPSA) is 36.4 Å². The fourth-order valence-corrected chi connectivity index (χ4v) is 4.11. The molecular weight excluding hydrogens is 306 g/mol.